The molecule has 5 rings (SSSR count). The van der Waals surface area contributed by atoms with Crippen LogP contribution in [0.1, 0.15) is 5.69 Å². The Bertz CT molecular complexity index is 1770. The van der Waals surface area contributed by atoms with Crippen LogP contribution >= 0.6 is 0 Å². The molecule has 36 heavy (non-hydrogen) atoms. The van der Waals surface area contributed by atoms with Crippen LogP contribution < -0.4 is 4.72 Å². The second-order valence-electron chi connectivity index (χ2n) is 8.27. The molecular weight excluding hydrogens is 482 g/mol. The third-order valence-corrected chi connectivity index (χ3v) is 6.25. The van der Waals surface area contributed by atoms with Crippen molar-refractivity contribution in [3.63, 3.8) is 0 Å². The van der Waals surface area contributed by atoms with E-state index in [1.165, 1.54) is 12.1 Å². The van der Waals surface area contributed by atoms with Crippen molar-refractivity contribution in [2.45, 2.75) is 0 Å². The van der Waals surface area contributed by atoms with Gasteiger partial charge in [-0.15, -0.1) is 0 Å². The van der Waals surface area contributed by atoms with Crippen molar-refractivity contribution in [3.05, 3.63) is 103 Å². The van der Waals surface area contributed by atoms with Crippen molar-refractivity contribution in [1.82, 2.24) is 9.55 Å². The summed E-state index contributed by atoms with van der Waals surface area (Å²) in [6.07, 6.45) is 4.47. The van der Waals surface area contributed by atoms with E-state index in [-0.39, 0.29) is 11.3 Å². The lowest BCUT2D eigenvalue weighted by atomic mass is 9.98. The summed E-state index contributed by atoms with van der Waals surface area (Å²) >= 11 is 0. The molecule has 2 heterocycles. The van der Waals surface area contributed by atoms with Gasteiger partial charge in [-0.1, -0.05) is 6.07 Å². The Labute approximate surface area is 206 Å². The van der Waals surface area contributed by atoms with E-state index in [0.29, 0.717) is 28.1 Å². The number of pyridine rings is 1. The molecule has 9 heteroatoms. The van der Waals surface area contributed by atoms with Crippen molar-refractivity contribution in [2.24, 2.45) is 0 Å². The molecule has 6 nitrogen and oxygen atoms in total. The number of halogens is 2. The van der Waals surface area contributed by atoms with Crippen molar-refractivity contribution >= 4 is 26.6 Å². The fourth-order valence-corrected chi connectivity index (χ4v) is 4.61. The minimum absolute atomic E-state index is 0.219. The van der Waals surface area contributed by atoms with E-state index in [1.807, 2.05) is 29.0 Å². The standard InChI is InChI=1S/C27H18F2N4O2S/c1-36(34,35)32-22-5-2-17-8-9-33(27(17)14-22)24-11-19(18-3-6-23(15-30)31-16-18)10-20(12-24)25-7-4-21(28)13-26(25)29/h2-14,16,32H,1H3. The molecule has 0 bridgehead atoms. The Morgan fingerprint density at radius 3 is 2.42 bits per heavy atom. The van der Waals surface area contributed by atoms with Crippen LogP contribution in [0.2, 0.25) is 0 Å². The van der Waals surface area contributed by atoms with Gasteiger partial charge in [0.2, 0.25) is 10.0 Å². The monoisotopic (exact) mass is 500 g/mol. The smallest absolute Gasteiger partial charge is 0.229 e. The lowest BCUT2D eigenvalue weighted by molar-refractivity contribution is 0.585. The highest BCUT2D eigenvalue weighted by Crippen LogP contribution is 2.33. The van der Waals surface area contributed by atoms with Crippen LogP contribution in [0.4, 0.5) is 14.5 Å². The first-order valence-corrected chi connectivity index (χ1v) is 12.7. The first-order valence-electron chi connectivity index (χ1n) is 10.8. The van der Waals surface area contributed by atoms with Crippen molar-refractivity contribution in [3.8, 4) is 34.0 Å². The van der Waals surface area contributed by atoms with Crippen LogP contribution in [0.15, 0.2) is 85.2 Å². The third kappa shape index (κ3) is 4.67. The number of aromatic nitrogens is 2. The van der Waals surface area contributed by atoms with Crippen LogP contribution in [0.5, 0.6) is 0 Å². The number of sulfonamides is 1. The molecule has 2 aromatic heterocycles. The van der Waals surface area contributed by atoms with Gasteiger partial charge >= 0.3 is 0 Å². The molecular formula is C27H18F2N4O2S. The molecule has 0 aliphatic rings. The van der Waals surface area contributed by atoms with Gasteiger partial charge in [-0.3, -0.25) is 4.72 Å². The summed E-state index contributed by atoms with van der Waals surface area (Å²) in [6, 6.07) is 21.2. The molecule has 0 spiro atoms. The van der Waals surface area contributed by atoms with Crippen LogP contribution in [0, 0.1) is 23.0 Å². The maximum Gasteiger partial charge on any atom is 0.229 e. The zero-order chi connectivity index (χ0) is 25.4. The summed E-state index contributed by atoms with van der Waals surface area (Å²) in [4.78, 5) is 4.14. The minimum Gasteiger partial charge on any atom is -0.316 e. The second kappa shape index (κ2) is 8.91. The number of hydrogen-bond donors (Lipinski definition) is 1. The molecule has 1 N–H and O–H groups in total. The number of nitrogens with zero attached hydrogens (tertiary/aromatic N) is 3. The van der Waals surface area contributed by atoms with Crippen LogP contribution in [-0.2, 0) is 10.0 Å². The Kier molecular flexibility index (Phi) is 5.74. The zero-order valence-corrected chi connectivity index (χ0v) is 19.7. The Balaban J connectivity index is 1.72. The molecule has 0 aliphatic heterocycles. The number of nitrogens with one attached hydrogen (secondary N) is 1. The number of hydrogen-bond acceptors (Lipinski definition) is 4. The molecule has 0 saturated heterocycles. The Morgan fingerprint density at radius 2 is 1.72 bits per heavy atom. The summed E-state index contributed by atoms with van der Waals surface area (Å²) in [5.41, 5.74) is 4.20. The quantitative estimate of drug-likeness (QED) is 0.326. The lowest BCUT2D eigenvalue weighted by Gasteiger charge is -2.14. The summed E-state index contributed by atoms with van der Waals surface area (Å²) in [7, 11) is -3.47. The van der Waals surface area contributed by atoms with Gasteiger partial charge in [0.25, 0.3) is 0 Å². The molecule has 0 saturated carbocycles. The molecule has 178 valence electrons. The Morgan fingerprint density at radius 1 is 0.917 bits per heavy atom. The predicted octanol–water partition coefficient (Wildman–Crippen LogP) is 5.88. The van der Waals surface area contributed by atoms with E-state index in [0.717, 1.165) is 23.2 Å². The molecule has 0 radical (unpaired) electrons. The molecule has 0 unspecified atom stereocenters. The number of anilines is 1. The number of rotatable bonds is 5. The third-order valence-electron chi connectivity index (χ3n) is 5.65. The number of nitriles is 1. The average Bonchev–Trinajstić information content (AvgIpc) is 3.26. The summed E-state index contributed by atoms with van der Waals surface area (Å²) in [5, 5.41) is 9.95. The maximum absolute atomic E-state index is 14.7. The highest BCUT2D eigenvalue weighted by Gasteiger charge is 2.13. The van der Waals surface area contributed by atoms with E-state index in [4.69, 9.17) is 5.26 Å². The number of fused-ring (bicyclic) bond motifs is 1. The van der Waals surface area contributed by atoms with Gasteiger partial charge in [-0.25, -0.2) is 22.2 Å². The first kappa shape index (κ1) is 23.2. The van der Waals surface area contributed by atoms with Gasteiger partial charge in [0.1, 0.15) is 23.4 Å². The van der Waals surface area contributed by atoms with Crippen molar-refractivity contribution < 1.29 is 17.2 Å². The minimum atomic E-state index is -3.47. The van der Waals surface area contributed by atoms with E-state index >= 15 is 0 Å². The molecule has 0 fully saturated rings. The molecule has 5 aromatic rings. The van der Waals surface area contributed by atoms with Gasteiger partial charge in [-0.05, 0) is 71.8 Å². The predicted molar refractivity (Wildman–Crippen MR) is 135 cm³/mol. The fourth-order valence-electron chi connectivity index (χ4n) is 4.06. The molecule has 0 aliphatic carbocycles. The van der Waals surface area contributed by atoms with Gasteiger partial charge < -0.3 is 4.57 Å². The highest BCUT2D eigenvalue weighted by molar-refractivity contribution is 7.92. The normalized spacial score (nSPS) is 11.4. The van der Waals surface area contributed by atoms with Crippen molar-refractivity contribution in [1.29, 1.82) is 5.26 Å². The molecule has 0 atom stereocenters. The highest BCUT2D eigenvalue weighted by atomic mass is 32.2. The molecule has 0 amide bonds. The first-order chi connectivity index (χ1) is 17.2. The average molecular weight is 501 g/mol. The zero-order valence-electron chi connectivity index (χ0n) is 18.9. The molecule has 3 aromatic carbocycles. The van der Waals surface area contributed by atoms with E-state index in [1.54, 1.807) is 48.7 Å². The number of benzene rings is 3. The fraction of sp³-hybridized carbons (Fsp3) is 0.0370. The lowest BCUT2D eigenvalue weighted by Crippen LogP contribution is -2.09. The van der Waals surface area contributed by atoms with E-state index in [9.17, 15) is 17.2 Å². The van der Waals surface area contributed by atoms with Gasteiger partial charge in [0.05, 0.1) is 17.5 Å². The van der Waals surface area contributed by atoms with Gasteiger partial charge in [-0.2, -0.15) is 5.26 Å². The van der Waals surface area contributed by atoms with Crippen LogP contribution in [-0.4, -0.2) is 24.2 Å². The Hall–Kier alpha value is -4.55. The van der Waals surface area contributed by atoms with Gasteiger partial charge in [0, 0.05) is 40.7 Å². The summed E-state index contributed by atoms with van der Waals surface area (Å²) in [6.45, 7) is 0. The van der Waals surface area contributed by atoms with Gasteiger partial charge in [0.15, 0.2) is 0 Å². The van der Waals surface area contributed by atoms with Crippen LogP contribution in [0.25, 0.3) is 38.8 Å². The second-order valence-corrected chi connectivity index (χ2v) is 10.0. The summed E-state index contributed by atoms with van der Waals surface area (Å²) < 4.78 is 56.1. The topological polar surface area (TPSA) is 87.8 Å². The van der Waals surface area contributed by atoms with E-state index < -0.39 is 21.7 Å². The van der Waals surface area contributed by atoms with Crippen molar-refractivity contribution in [2.75, 3.05) is 11.0 Å². The summed E-state index contributed by atoms with van der Waals surface area (Å²) in [5.74, 6) is -1.38. The SMILES string of the molecule is CS(=O)(=O)Nc1ccc2ccn(-c3cc(-c4ccc(C#N)nc4)cc(-c4ccc(F)cc4F)c3)c2c1. The van der Waals surface area contributed by atoms with Crippen LogP contribution in [0.3, 0.4) is 0 Å². The largest absolute Gasteiger partial charge is 0.316 e. The van der Waals surface area contributed by atoms with E-state index in [2.05, 4.69) is 9.71 Å². The maximum atomic E-state index is 14.7.